The molecule has 0 aliphatic carbocycles. The van der Waals surface area contributed by atoms with Gasteiger partial charge in [0.15, 0.2) is 5.72 Å². The van der Waals surface area contributed by atoms with E-state index >= 15 is 0 Å². The van der Waals surface area contributed by atoms with Crippen LogP contribution in [0.15, 0.2) is 35.9 Å². The molecule has 18 heteroatoms. The number of carbonyl (C=O) groups is 5. The Hall–Kier alpha value is -4.03. The van der Waals surface area contributed by atoms with Crippen LogP contribution in [0.1, 0.15) is 59.9 Å². The lowest BCUT2D eigenvalue weighted by Gasteiger charge is -2.42. The molecule has 2 saturated heterocycles. The topological polar surface area (TPSA) is 203 Å². The molecule has 3 heterocycles. The van der Waals surface area contributed by atoms with Gasteiger partial charge in [-0.1, -0.05) is 42.3 Å². The number of halogens is 1. The Labute approximate surface area is 335 Å². The fourth-order valence-corrected chi connectivity index (χ4v) is 7.52. The first-order valence-electron chi connectivity index (χ1n) is 18.0. The average Bonchev–Trinajstić information content (AvgIpc) is 3.83. The molecule has 4 bridgehead atoms. The number of aliphatic hydroxyl groups is 1. The number of ether oxygens (including phenoxy) is 5. The van der Waals surface area contributed by atoms with E-state index in [0.717, 1.165) is 16.0 Å². The second kappa shape index (κ2) is 17.6. The van der Waals surface area contributed by atoms with E-state index in [9.17, 15) is 34.2 Å². The van der Waals surface area contributed by atoms with Crippen LogP contribution in [-0.2, 0) is 43.9 Å². The highest BCUT2D eigenvalue weighted by Crippen LogP contribution is 2.49. The van der Waals surface area contributed by atoms with Gasteiger partial charge < -0.3 is 43.0 Å². The van der Waals surface area contributed by atoms with Crippen LogP contribution in [-0.4, -0.2) is 121 Å². The maximum Gasteiger partial charge on any atom is 0.422 e. The molecule has 1 aromatic rings. The number of hydrogen-bond donors (Lipinski definition) is 3. The lowest BCUT2D eigenvalue weighted by Crippen LogP contribution is -2.63. The van der Waals surface area contributed by atoms with Crippen molar-refractivity contribution in [3.05, 3.63) is 46.5 Å². The number of nitrogens with one attached hydrogen (secondary N) is 1. The zero-order valence-corrected chi connectivity index (χ0v) is 34.8. The zero-order chi connectivity index (χ0) is 41.9. The lowest BCUT2D eigenvalue weighted by molar-refractivity contribution is -0.158. The maximum atomic E-state index is 14.1. The summed E-state index contributed by atoms with van der Waals surface area (Å²) in [6.07, 6.45) is -0.512. The van der Waals surface area contributed by atoms with Gasteiger partial charge in [-0.15, -0.1) is 0 Å². The van der Waals surface area contributed by atoms with E-state index in [1.807, 2.05) is 13.0 Å². The number of benzene rings is 1. The highest BCUT2D eigenvalue weighted by Gasteiger charge is 2.64. The van der Waals surface area contributed by atoms with Crippen molar-refractivity contribution in [2.24, 2.45) is 11.3 Å². The molecule has 0 radical (unpaired) electrons. The second-order valence-corrected chi connectivity index (χ2v) is 16.4. The van der Waals surface area contributed by atoms with Gasteiger partial charge in [0.1, 0.15) is 40.7 Å². The van der Waals surface area contributed by atoms with Crippen molar-refractivity contribution in [1.82, 2.24) is 10.2 Å². The van der Waals surface area contributed by atoms with E-state index in [1.165, 1.54) is 54.0 Å². The molecule has 0 spiro atoms. The van der Waals surface area contributed by atoms with Crippen LogP contribution in [0.25, 0.3) is 0 Å². The number of alkyl carbamates (subject to hydrolysis) is 1. The normalized spacial score (nSPS) is 30.3. The van der Waals surface area contributed by atoms with Gasteiger partial charge >= 0.3 is 24.1 Å². The van der Waals surface area contributed by atoms with Gasteiger partial charge in [0, 0.05) is 39.3 Å². The van der Waals surface area contributed by atoms with Crippen LogP contribution in [0.4, 0.5) is 15.3 Å². The number of hydrogen-bond acceptors (Lipinski definition) is 13. The van der Waals surface area contributed by atoms with Crippen LogP contribution in [0, 0.1) is 11.3 Å². The third-order valence-corrected chi connectivity index (χ3v) is 12.0. The average molecular weight is 826 g/mol. The van der Waals surface area contributed by atoms with Gasteiger partial charge in [0.05, 0.1) is 42.8 Å². The van der Waals surface area contributed by atoms with Crippen molar-refractivity contribution in [3.8, 4) is 5.75 Å². The summed E-state index contributed by atoms with van der Waals surface area (Å²) in [5.41, 5.74) is -2.33. The first-order chi connectivity index (χ1) is 26.1. The minimum atomic E-state index is -1.87. The summed E-state index contributed by atoms with van der Waals surface area (Å²) in [6, 6.07) is 2.30. The number of amides is 3. The van der Waals surface area contributed by atoms with E-state index in [4.69, 9.17) is 39.5 Å². The highest BCUT2D eigenvalue weighted by atomic mass is 35.5. The van der Waals surface area contributed by atoms with Crippen LogP contribution >= 0.6 is 23.6 Å². The lowest BCUT2D eigenvalue weighted by atomic mass is 9.83. The third kappa shape index (κ3) is 9.91. The van der Waals surface area contributed by atoms with Gasteiger partial charge in [-0.2, -0.15) is 0 Å². The molecule has 0 unspecified atom stereocenters. The molecule has 4 rings (SSSR count). The Morgan fingerprint density at radius 2 is 1.91 bits per heavy atom. The summed E-state index contributed by atoms with van der Waals surface area (Å²) in [7, 11) is 5.72. The molecule has 3 aliphatic rings. The fourth-order valence-electron chi connectivity index (χ4n) is 6.51. The predicted molar refractivity (Wildman–Crippen MR) is 206 cm³/mol. The number of likely N-dealkylation sites (N-methyl/N-ethyl adjacent to an activating group) is 1. The first-order valence-corrected chi connectivity index (χ1v) is 19.3. The number of anilines is 1. The molecule has 3 aliphatic heterocycles. The van der Waals surface area contributed by atoms with Crippen LogP contribution in [0.3, 0.4) is 0 Å². The van der Waals surface area contributed by atoms with Crippen LogP contribution in [0.2, 0.25) is 5.02 Å². The van der Waals surface area contributed by atoms with Crippen molar-refractivity contribution in [3.63, 3.8) is 0 Å². The smallest absolute Gasteiger partial charge is 0.422 e. The molecule has 3 N–H and O–H groups in total. The Balaban J connectivity index is 1.69. The largest absolute Gasteiger partial charge is 0.495 e. The number of epoxide rings is 1. The van der Waals surface area contributed by atoms with Gasteiger partial charge in [-0.3, -0.25) is 19.8 Å². The standard InChI is InChI=1S/C38H52ClN3O13S/c1-20-12-11-13-27(51-10)38(49)18-26(52-34(47)40-38)21(2)31-37(6,54-31)28(17-29(43)42(8)24-15-23(14-20)16-25(50-9)30(24)39)53-32(44)22(3)41(7)35(48)55-56-19-36(4,5)33(45)46/h11-13,15-16,21-22,26-28,31,49H,14,17-19H2,1-10H3,(H,40,47)(H,45,46)/b13-11+,20-12+/t21-,22+,26+,27-,28+,31+,37+,38+/m1/s1. The number of esters is 1. The summed E-state index contributed by atoms with van der Waals surface area (Å²) in [5.74, 6) is -2.75. The second-order valence-electron chi connectivity index (χ2n) is 15.3. The van der Waals surface area contributed by atoms with E-state index in [2.05, 4.69) is 5.32 Å². The molecular formula is C38H52ClN3O13S. The number of fused-ring (bicyclic) bond motifs is 5. The minimum absolute atomic E-state index is 0.0462. The molecule has 0 aromatic heterocycles. The van der Waals surface area contributed by atoms with E-state index in [0.29, 0.717) is 29.9 Å². The Morgan fingerprint density at radius 3 is 2.54 bits per heavy atom. The molecule has 0 saturated carbocycles. The molecule has 8 atom stereocenters. The molecular weight excluding hydrogens is 774 g/mol. The monoisotopic (exact) mass is 825 g/mol. The van der Waals surface area contributed by atoms with E-state index in [1.54, 1.807) is 38.1 Å². The molecule has 16 nitrogen and oxygen atoms in total. The molecule has 1 aromatic carbocycles. The molecule has 2 fully saturated rings. The number of carboxylic acid groups (broad SMARTS) is 1. The maximum absolute atomic E-state index is 14.1. The van der Waals surface area contributed by atoms with Crippen molar-refractivity contribution in [2.75, 3.05) is 39.0 Å². The number of allylic oxidation sites excluding steroid dienone is 3. The minimum Gasteiger partial charge on any atom is -0.495 e. The number of rotatable bonds is 9. The van der Waals surface area contributed by atoms with E-state index < -0.39 is 89.6 Å². The van der Waals surface area contributed by atoms with Crippen LogP contribution < -0.4 is 15.0 Å². The van der Waals surface area contributed by atoms with E-state index in [-0.39, 0.29) is 17.2 Å². The van der Waals surface area contributed by atoms with Gasteiger partial charge in [0.25, 0.3) is 0 Å². The molecule has 310 valence electrons. The number of nitrogens with zero attached hydrogens (tertiary/aromatic N) is 2. The van der Waals surface area contributed by atoms with Crippen molar-refractivity contribution < 1.29 is 62.1 Å². The number of methoxy groups -OCH3 is 2. The van der Waals surface area contributed by atoms with Crippen LogP contribution in [0.5, 0.6) is 5.75 Å². The fraction of sp³-hybridized carbons (Fsp3) is 0.605. The Kier molecular flexibility index (Phi) is 14.1. The Morgan fingerprint density at radius 1 is 1.23 bits per heavy atom. The summed E-state index contributed by atoms with van der Waals surface area (Å²) in [6.45, 7) is 9.69. The number of carboxylic acids is 1. The zero-order valence-electron chi connectivity index (χ0n) is 33.2. The summed E-state index contributed by atoms with van der Waals surface area (Å²) >= 11 is 7.38. The molecule has 56 heavy (non-hydrogen) atoms. The molecule has 3 amide bonds. The van der Waals surface area contributed by atoms with Gasteiger partial charge in [-0.05, 0) is 58.7 Å². The van der Waals surface area contributed by atoms with Crippen molar-refractivity contribution in [2.45, 2.75) is 103 Å². The van der Waals surface area contributed by atoms with Crippen molar-refractivity contribution in [1.29, 1.82) is 0 Å². The predicted octanol–water partition coefficient (Wildman–Crippen LogP) is 4.88. The highest BCUT2D eigenvalue weighted by molar-refractivity contribution is 7.95. The number of carbonyl (C=O) groups excluding carboxylic acids is 4. The Bertz CT molecular complexity index is 1760. The van der Waals surface area contributed by atoms with Gasteiger partial charge in [0.2, 0.25) is 5.91 Å². The van der Waals surface area contributed by atoms with Crippen molar-refractivity contribution >= 4 is 59.4 Å². The quantitative estimate of drug-likeness (QED) is 0.173. The summed E-state index contributed by atoms with van der Waals surface area (Å²) in [5, 5.41) is 23.8. The first kappa shape index (κ1) is 44.7. The van der Waals surface area contributed by atoms with Gasteiger partial charge in [-0.25, -0.2) is 14.4 Å². The number of aliphatic carboxylic acids is 1. The third-order valence-electron chi connectivity index (χ3n) is 10.5. The SMILES string of the molecule is COc1cc2cc(c1Cl)N(C)C(=O)C[C@H](OC(=O)[C@H](C)N(C)C(=O)OSCC(C)(C)C(=O)O)[C@]1(C)O[C@H]1[C@H](C)[C@@H]1C[C@@](O)(NC(=O)O1)[C@H](OC)/C=C/C=C(\C)C2. The summed E-state index contributed by atoms with van der Waals surface area (Å²) < 4.78 is 34.2. The summed E-state index contributed by atoms with van der Waals surface area (Å²) in [4.78, 5) is 67.4.